The summed E-state index contributed by atoms with van der Waals surface area (Å²) in [5.74, 6) is 1.67. The Bertz CT molecular complexity index is 322. The van der Waals surface area contributed by atoms with Crippen LogP contribution in [0.5, 0.6) is 11.5 Å². The van der Waals surface area contributed by atoms with Gasteiger partial charge in [0.1, 0.15) is 13.2 Å². The fraction of sp³-hybridized carbons (Fsp3) is 0.455. The molecule has 1 N–H and O–H groups in total. The van der Waals surface area contributed by atoms with Crippen LogP contribution in [-0.2, 0) is 0 Å². The Morgan fingerprint density at radius 1 is 1.36 bits per heavy atom. The molecule has 0 amide bonds. The summed E-state index contributed by atoms with van der Waals surface area (Å²) in [6, 6.07) is 5.78. The zero-order chi connectivity index (χ0) is 9.97. The van der Waals surface area contributed by atoms with E-state index in [-0.39, 0.29) is 12.5 Å². The lowest BCUT2D eigenvalue weighted by atomic mass is 10.0. The molecule has 0 fully saturated rings. The van der Waals surface area contributed by atoms with Crippen molar-refractivity contribution in [3.63, 3.8) is 0 Å². The van der Waals surface area contributed by atoms with E-state index in [1.165, 1.54) is 0 Å². The predicted octanol–water partition coefficient (Wildman–Crippen LogP) is 1.55. The molecule has 0 saturated heterocycles. The molecule has 1 aromatic carbocycles. The highest BCUT2D eigenvalue weighted by Crippen LogP contribution is 2.37. The Morgan fingerprint density at radius 3 is 2.93 bits per heavy atom. The maximum Gasteiger partial charge on any atom is 0.164 e. The highest BCUT2D eigenvalue weighted by Gasteiger charge is 2.18. The quantitative estimate of drug-likeness (QED) is 0.776. The second kappa shape index (κ2) is 3.88. The van der Waals surface area contributed by atoms with Crippen molar-refractivity contribution in [1.82, 2.24) is 0 Å². The lowest BCUT2D eigenvalue weighted by Crippen LogP contribution is -2.17. The molecule has 0 aromatic heterocycles. The predicted molar refractivity (Wildman–Crippen MR) is 52.9 cm³/mol. The number of fused-ring (bicyclic) bond motifs is 1. The summed E-state index contributed by atoms with van der Waals surface area (Å²) in [5, 5.41) is 9.09. The largest absolute Gasteiger partial charge is 0.486 e. The van der Waals surface area contributed by atoms with E-state index in [0.717, 1.165) is 17.1 Å². The van der Waals surface area contributed by atoms with Gasteiger partial charge in [0.05, 0.1) is 0 Å². The van der Waals surface area contributed by atoms with Crippen molar-refractivity contribution in [3.05, 3.63) is 23.8 Å². The summed E-state index contributed by atoms with van der Waals surface area (Å²) in [5.41, 5.74) is 1.02. The highest BCUT2D eigenvalue weighted by molar-refractivity contribution is 5.48. The van der Waals surface area contributed by atoms with Crippen molar-refractivity contribution in [2.45, 2.75) is 12.8 Å². The SMILES string of the molecule is CC(CO)c1cccc2c1OCCO2. The normalized spacial score (nSPS) is 16.4. The smallest absolute Gasteiger partial charge is 0.164 e. The molecule has 2 rings (SSSR count). The van der Waals surface area contributed by atoms with E-state index in [1.54, 1.807) is 0 Å². The van der Waals surface area contributed by atoms with Crippen LogP contribution in [0, 0.1) is 0 Å². The highest BCUT2D eigenvalue weighted by atomic mass is 16.6. The molecule has 0 radical (unpaired) electrons. The first-order valence-corrected chi connectivity index (χ1v) is 4.82. The summed E-state index contributed by atoms with van der Waals surface area (Å²) in [4.78, 5) is 0. The molecule has 1 unspecified atom stereocenters. The van der Waals surface area contributed by atoms with Gasteiger partial charge in [-0.15, -0.1) is 0 Å². The number of aliphatic hydroxyl groups is 1. The van der Waals surface area contributed by atoms with Crippen LogP contribution in [0.25, 0.3) is 0 Å². The molecule has 1 aliphatic rings. The minimum absolute atomic E-state index is 0.0895. The van der Waals surface area contributed by atoms with E-state index in [0.29, 0.717) is 13.2 Å². The Morgan fingerprint density at radius 2 is 2.14 bits per heavy atom. The van der Waals surface area contributed by atoms with Gasteiger partial charge in [-0.05, 0) is 6.07 Å². The fourth-order valence-corrected chi connectivity index (χ4v) is 1.58. The zero-order valence-electron chi connectivity index (χ0n) is 8.19. The first-order valence-electron chi connectivity index (χ1n) is 4.82. The minimum atomic E-state index is 0.0895. The molecule has 3 nitrogen and oxygen atoms in total. The second-order valence-electron chi connectivity index (χ2n) is 3.46. The van der Waals surface area contributed by atoms with Crippen LogP contribution in [0.4, 0.5) is 0 Å². The van der Waals surface area contributed by atoms with Crippen LogP contribution in [-0.4, -0.2) is 24.9 Å². The van der Waals surface area contributed by atoms with Gasteiger partial charge in [-0.2, -0.15) is 0 Å². The second-order valence-corrected chi connectivity index (χ2v) is 3.46. The average molecular weight is 194 g/mol. The van der Waals surface area contributed by atoms with E-state index in [2.05, 4.69) is 0 Å². The maximum absolute atomic E-state index is 9.09. The van der Waals surface area contributed by atoms with Crippen molar-refractivity contribution in [2.75, 3.05) is 19.8 Å². The van der Waals surface area contributed by atoms with Crippen molar-refractivity contribution in [3.8, 4) is 11.5 Å². The Hall–Kier alpha value is -1.22. The van der Waals surface area contributed by atoms with Crippen LogP contribution in [0.3, 0.4) is 0 Å². The number of aliphatic hydroxyl groups excluding tert-OH is 1. The molecule has 0 spiro atoms. The van der Waals surface area contributed by atoms with Crippen molar-refractivity contribution < 1.29 is 14.6 Å². The number of benzene rings is 1. The van der Waals surface area contributed by atoms with Gasteiger partial charge in [-0.1, -0.05) is 19.1 Å². The molecule has 1 aromatic rings. The maximum atomic E-state index is 9.09. The molecule has 76 valence electrons. The molecule has 1 heterocycles. The summed E-state index contributed by atoms with van der Waals surface area (Å²) >= 11 is 0. The van der Waals surface area contributed by atoms with Gasteiger partial charge in [0.2, 0.25) is 0 Å². The third-order valence-electron chi connectivity index (χ3n) is 2.40. The molecule has 14 heavy (non-hydrogen) atoms. The van der Waals surface area contributed by atoms with E-state index >= 15 is 0 Å². The van der Waals surface area contributed by atoms with Crippen LogP contribution in [0.2, 0.25) is 0 Å². The first kappa shape index (κ1) is 9.34. The van der Waals surface area contributed by atoms with Crippen LogP contribution >= 0.6 is 0 Å². The molecule has 0 saturated carbocycles. The van der Waals surface area contributed by atoms with Gasteiger partial charge >= 0.3 is 0 Å². The molecule has 0 aliphatic carbocycles. The van der Waals surface area contributed by atoms with Crippen LogP contribution < -0.4 is 9.47 Å². The van der Waals surface area contributed by atoms with Crippen molar-refractivity contribution >= 4 is 0 Å². The van der Waals surface area contributed by atoms with Crippen LogP contribution in [0.1, 0.15) is 18.4 Å². The van der Waals surface area contributed by atoms with Gasteiger partial charge in [0, 0.05) is 18.1 Å². The number of rotatable bonds is 2. The monoisotopic (exact) mass is 194 g/mol. The fourth-order valence-electron chi connectivity index (χ4n) is 1.58. The topological polar surface area (TPSA) is 38.7 Å². The van der Waals surface area contributed by atoms with Gasteiger partial charge in [0.15, 0.2) is 11.5 Å². The molecule has 3 heteroatoms. The van der Waals surface area contributed by atoms with Crippen LogP contribution in [0.15, 0.2) is 18.2 Å². The molecule has 1 aliphatic heterocycles. The first-order chi connectivity index (χ1) is 6.83. The summed E-state index contributed by atoms with van der Waals surface area (Å²) in [6.07, 6.45) is 0. The van der Waals surface area contributed by atoms with Gasteiger partial charge in [-0.25, -0.2) is 0 Å². The van der Waals surface area contributed by atoms with E-state index in [1.807, 2.05) is 25.1 Å². The molecular formula is C11H14O3. The zero-order valence-corrected chi connectivity index (χ0v) is 8.19. The van der Waals surface area contributed by atoms with Gasteiger partial charge in [0.25, 0.3) is 0 Å². The number of hydrogen-bond acceptors (Lipinski definition) is 3. The lowest BCUT2D eigenvalue weighted by molar-refractivity contribution is 0.167. The number of hydrogen-bond donors (Lipinski definition) is 1. The lowest BCUT2D eigenvalue weighted by Gasteiger charge is -2.22. The van der Waals surface area contributed by atoms with E-state index < -0.39 is 0 Å². The van der Waals surface area contributed by atoms with Crippen molar-refractivity contribution in [1.29, 1.82) is 0 Å². The Labute approximate surface area is 83.3 Å². The average Bonchev–Trinajstić information content (AvgIpc) is 2.27. The Balaban J connectivity index is 2.39. The van der Waals surface area contributed by atoms with Gasteiger partial charge < -0.3 is 14.6 Å². The number of ether oxygens (including phenoxy) is 2. The third-order valence-corrected chi connectivity index (χ3v) is 2.40. The molecule has 1 atom stereocenters. The molecule has 0 bridgehead atoms. The number of para-hydroxylation sites is 1. The van der Waals surface area contributed by atoms with Gasteiger partial charge in [-0.3, -0.25) is 0 Å². The standard InChI is InChI=1S/C11H14O3/c1-8(7-12)9-3-2-4-10-11(9)14-6-5-13-10/h2-4,8,12H,5-7H2,1H3. The molecular weight excluding hydrogens is 180 g/mol. The Kier molecular flexibility index (Phi) is 2.59. The third kappa shape index (κ3) is 1.55. The minimum Gasteiger partial charge on any atom is -0.486 e. The van der Waals surface area contributed by atoms with E-state index in [9.17, 15) is 0 Å². The van der Waals surface area contributed by atoms with Crippen molar-refractivity contribution in [2.24, 2.45) is 0 Å². The van der Waals surface area contributed by atoms with E-state index in [4.69, 9.17) is 14.6 Å². The summed E-state index contributed by atoms with van der Waals surface area (Å²) in [7, 11) is 0. The summed E-state index contributed by atoms with van der Waals surface area (Å²) < 4.78 is 11.0. The summed E-state index contributed by atoms with van der Waals surface area (Å²) in [6.45, 7) is 3.28.